The van der Waals surface area contributed by atoms with E-state index in [1.54, 1.807) is 6.07 Å². The second-order valence-corrected chi connectivity index (χ2v) is 7.22. The number of amides is 2. The van der Waals surface area contributed by atoms with Gasteiger partial charge >= 0.3 is 0 Å². The van der Waals surface area contributed by atoms with E-state index in [0.29, 0.717) is 30.4 Å². The van der Waals surface area contributed by atoms with Crippen LogP contribution in [0.15, 0.2) is 54.6 Å². The smallest absolute Gasteiger partial charge is 0.254 e. The number of carbonyl (C=O) groups excluding carboxylic acids is 2. The average Bonchev–Trinajstić information content (AvgIpc) is 3.39. The Bertz CT molecular complexity index is 811. The average molecular weight is 364 g/mol. The molecule has 1 heterocycles. The van der Waals surface area contributed by atoms with Crippen molar-refractivity contribution >= 4 is 17.5 Å². The number of nitrogens with one attached hydrogen (secondary N) is 1. The molecule has 1 aliphatic carbocycles. The van der Waals surface area contributed by atoms with E-state index in [-0.39, 0.29) is 17.9 Å². The van der Waals surface area contributed by atoms with Crippen molar-refractivity contribution in [1.82, 2.24) is 4.90 Å². The molecule has 2 amide bonds. The molecule has 1 saturated carbocycles. The highest BCUT2D eigenvalue weighted by atomic mass is 16.5. The molecule has 0 aromatic heterocycles. The van der Waals surface area contributed by atoms with Crippen LogP contribution in [-0.2, 0) is 16.1 Å². The summed E-state index contributed by atoms with van der Waals surface area (Å²) in [6, 6.07) is 17.5. The van der Waals surface area contributed by atoms with Gasteiger partial charge in [-0.05, 0) is 49.4 Å². The third-order valence-electron chi connectivity index (χ3n) is 5.04. The molecule has 0 bridgehead atoms. The van der Waals surface area contributed by atoms with Gasteiger partial charge in [-0.15, -0.1) is 0 Å². The summed E-state index contributed by atoms with van der Waals surface area (Å²) in [7, 11) is 0. The van der Waals surface area contributed by atoms with Crippen LogP contribution in [0.2, 0.25) is 0 Å². The van der Waals surface area contributed by atoms with Crippen LogP contribution in [0.4, 0.5) is 5.69 Å². The van der Waals surface area contributed by atoms with Crippen LogP contribution >= 0.6 is 0 Å². The fraction of sp³-hybridized carbons (Fsp3) is 0.364. The Balaban J connectivity index is 1.47. The Morgan fingerprint density at radius 1 is 1.04 bits per heavy atom. The second-order valence-electron chi connectivity index (χ2n) is 7.22. The van der Waals surface area contributed by atoms with Crippen LogP contribution in [0.1, 0.15) is 41.6 Å². The molecule has 0 unspecified atom stereocenters. The number of nitrogens with zero attached hydrogens (tertiary/aromatic N) is 1. The summed E-state index contributed by atoms with van der Waals surface area (Å²) in [5, 5.41) is 2.88. The van der Waals surface area contributed by atoms with Crippen molar-refractivity contribution in [3.05, 3.63) is 65.7 Å². The monoisotopic (exact) mass is 364 g/mol. The Labute approximate surface area is 159 Å². The van der Waals surface area contributed by atoms with Crippen LogP contribution < -0.4 is 5.32 Å². The molecular weight excluding hydrogens is 340 g/mol. The molecule has 1 N–H and O–H groups in total. The van der Waals surface area contributed by atoms with E-state index in [4.69, 9.17) is 4.74 Å². The van der Waals surface area contributed by atoms with Gasteiger partial charge in [-0.3, -0.25) is 9.59 Å². The molecule has 0 radical (unpaired) electrons. The third kappa shape index (κ3) is 4.37. The summed E-state index contributed by atoms with van der Waals surface area (Å²) in [6.07, 6.45) is 3.37. The number of rotatable bonds is 6. The predicted molar refractivity (Wildman–Crippen MR) is 103 cm³/mol. The molecule has 140 valence electrons. The first-order valence-electron chi connectivity index (χ1n) is 9.58. The maximum absolute atomic E-state index is 13.1. The van der Waals surface area contributed by atoms with E-state index in [9.17, 15) is 9.59 Å². The fourth-order valence-electron chi connectivity index (χ4n) is 3.44. The lowest BCUT2D eigenvalue weighted by Crippen LogP contribution is -2.32. The Morgan fingerprint density at radius 3 is 2.56 bits per heavy atom. The van der Waals surface area contributed by atoms with Crippen molar-refractivity contribution < 1.29 is 14.3 Å². The molecule has 0 spiro atoms. The minimum absolute atomic E-state index is 0.00886. The Morgan fingerprint density at radius 2 is 1.85 bits per heavy atom. The molecular formula is C22H24N2O3. The van der Waals surface area contributed by atoms with Gasteiger partial charge in [0.05, 0.1) is 0 Å². The first kappa shape index (κ1) is 17.7. The molecule has 5 nitrogen and oxygen atoms in total. The van der Waals surface area contributed by atoms with E-state index in [0.717, 1.165) is 31.2 Å². The van der Waals surface area contributed by atoms with Gasteiger partial charge in [-0.1, -0.05) is 36.4 Å². The number of hydrogen-bond donors (Lipinski definition) is 1. The number of benzene rings is 2. The highest BCUT2D eigenvalue weighted by Crippen LogP contribution is 2.30. The van der Waals surface area contributed by atoms with Crippen molar-refractivity contribution in [2.24, 2.45) is 0 Å². The van der Waals surface area contributed by atoms with Crippen molar-refractivity contribution in [3.8, 4) is 0 Å². The summed E-state index contributed by atoms with van der Waals surface area (Å²) >= 11 is 0. The molecule has 27 heavy (non-hydrogen) atoms. The summed E-state index contributed by atoms with van der Waals surface area (Å²) in [5.41, 5.74) is 2.36. The van der Waals surface area contributed by atoms with E-state index in [1.807, 2.05) is 53.4 Å². The zero-order valence-electron chi connectivity index (χ0n) is 15.3. The van der Waals surface area contributed by atoms with Crippen molar-refractivity contribution in [3.63, 3.8) is 0 Å². The molecule has 2 fully saturated rings. The van der Waals surface area contributed by atoms with Crippen LogP contribution in [0.5, 0.6) is 0 Å². The first-order valence-corrected chi connectivity index (χ1v) is 9.58. The topological polar surface area (TPSA) is 58.6 Å². The van der Waals surface area contributed by atoms with E-state index < -0.39 is 0 Å². The first-order chi connectivity index (χ1) is 13.2. The zero-order chi connectivity index (χ0) is 18.6. The summed E-state index contributed by atoms with van der Waals surface area (Å²) in [6.45, 7) is 1.24. The summed E-state index contributed by atoms with van der Waals surface area (Å²) in [5.74, 6) is -0.130. The molecule has 1 aliphatic heterocycles. The SMILES string of the molecule is O=C(Nc1cccc(C(=O)N(Cc2ccccc2)C2CC2)c1)[C@@H]1CCCO1. The zero-order valence-corrected chi connectivity index (χ0v) is 15.3. The van der Waals surface area contributed by atoms with Gasteiger partial charge in [-0.2, -0.15) is 0 Å². The molecule has 2 aliphatic rings. The van der Waals surface area contributed by atoms with E-state index >= 15 is 0 Å². The third-order valence-corrected chi connectivity index (χ3v) is 5.04. The number of ether oxygens (including phenoxy) is 1. The maximum Gasteiger partial charge on any atom is 0.254 e. The quantitative estimate of drug-likeness (QED) is 0.852. The fourth-order valence-corrected chi connectivity index (χ4v) is 3.44. The van der Waals surface area contributed by atoms with Gasteiger partial charge in [0.15, 0.2) is 0 Å². The molecule has 4 rings (SSSR count). The number of carbonyl (C=O) groups is 2. The van der Waals surface area contributed by atoms with E-state index in [1.165, 1.54) is 0 Å². The van der Waals surface area contributed by atoms with Crippen LogP contribution in [-0.4, -0.2) is 35.5 Å². The molecule has 2 aromatic rings. The van der Waals surface area contributed by atoms with Gasteiger partial charge in [0.2, 0.25) is 0 Å². The normalized spacial score (nSPS) is 18.9. The van der Waals surface area contributed by atoms with Gasteiger partial charge in [0.1, 0.15) is 6.10 Å². The van der Waals surface area contributed by atoms with Crippen LogP contribution in [0.3, 0.4) is 0 Å². The molecule has 5 heteroatoms. The summed E-state index contributed by atoms with van der Waals surface area (Å²) < 4.78 is 5.42. The van der Waals surface area contributed by atoms with Crippen molar-refractivity contribution in [1.29, 1.82) is 0 Å². The highest BCUT2D eigenvalue weighted by molar-refractivity contribution is 5.98. The largest absolute Gasteiger partial charge is 0.368 e. The maximum atomic E-state index is 13.1. The van der Waals surface area contributed by atoms with Crippen molar-refractivity contribution in [2.75, 3.05) is 11.9 Å². The lowest BCUT2D eigenvalue weighted by atomic mass is 10.1. The standard InChI is InChI=1S/C22H24N2O3/c25-21(20-10-5-13-27-20)23-18-9-4-8-17(14-18)22(26)24(19-11-12-19)15-16-6-2-1-3-7-16/h1-4,6-9,14,19-20H,5,10-13,15H2,(H,23,25)/t20-/m0/s1. The molecule has 1 atom stereocenters. The second kappa shape index (κ2) is 7.92. The van der Waals surface area contributed by atoms with Crippen LogP contribution in [0, 0.1) is 0 Å². The van der Waals surface area contributed by atoms with Crippen molar-refractivity contribution in [2.45, 2.75) is 44.4 Å². The number of hydrogen-bond acceptors (Lipinski definition) is 3. The van der Waals surface area contributed by atoms with Gasteiger partial charge in [0.25, 0.3) is 11.8 Å². The Hall–Kier alpha value is -2.66. The van der Waals surface area contributed by atoms with E-state index in [2.05, 4.69) is 5.32 Å². The highest BCUT2D eigenvalue weighted by Gasteiger charge is 2.33. The Kier molecular flexibility index (Phi) is 5.21. The summed E-state index contributed by atoms with van der Waals surface area (Å²) in [4.78, 5) is 27.3. The van der Waals surface area contributed by atoms with Gasteiger partial charge in [0, 0.05) is 30.4 Å². The minimum Gasteiger partial charge on any atom is -0.368 e. The lowest BCUT2D eigenvalue weighted by molar-refractivity contribution is -0.124. The number of anilines is 1. The van der Waals surface area contributed by atoms with Gasteiger partial charge in [-0.25, -0.2) is 0 Å². The predicted octanol–water partition coefficient (Wildman–Crippen LogP) is 3.61. The molecule has 1 saturated heterocycles. The van der Waals surface area contributed by atoms with Crippen LogP contribution in [0.25, 0.3) is 0 Å². The molecule has 2 aromatic carbocycles. The minimum atomic E-state index is -0.384. The van der Waals surface area contributed by atoms with Gasteiger partial charge < -0.3 is 15.0 Å². The lowest BCUT2D eigenvalue weighted by Gasteiger charge is -2.23.